The van der Waals surface area contributed by atoms with Crippen molar-refractivity contribution in [1.82, 2.24) is 10.6 Å². The average molecular weight is 268 g/mol. The number of carbonyl (C=O) groups is 1. The van der Waals surface area contributed by atoms with Crippen LogP contribution < -0.4 is 10.6 Å². The molecule has 2 unspecified atom stereocenters. The van der Waals surface area contributed by atoms with Gasteiger partial charge >= 0.3 is 0 Å². The van der Waals surface area contributed by atoms with Crippen LogP contribution in [0.3, 0.4) is 0 Å². The van der Waals surface area contributed by atoms with Gasteiger partial charge in [-0.1, -0.05) is 0 Å². The van der Waals surface area contributed by atoms with Crippen molar-refractivity contribution >= 4 is 17.7 Å². The zero-order valence-electron chi connectivity index (χ0n) is 10.6. The SMILES string of the molecule is CC(NC1CCCSC1)C(=O)NCc1ccco1. The van der Waals surface area contributed by atoms with Crippen LogP contribution >= 0.6 is 11.8 Å². The van der Waals surface area contributed by atoms with Crippen LogP contribution in [0.5, 0.6) is 0 Å². The first-order valence-corrected chi connectivity index (χ1v) is 7.55. The van der Waals surface area contributed by atoms with Gasteiger partial charge in [0.15, 0.2) is 0 Å². The minimum Gasteiger partial charge on any atom is -0.467 e. The van der Waals surface area contributed by atoms with E-state index in [4.69, 9.17) is 4.42 Å². The van der Waals surface area contributed by atoms with Crippen molar-refractivity contribution in [2.24, 2.45) is 0 Å². The summed E-state index contributed by atoms with van der Waals surface area (Å²) >= 11 is 1.96. The Balaban J connectivity index is 1.70. The Morgan fingerprint density at radius 3 is 3.22 bits per heavy atom. The molecular formula is C13H20N2O2S. The number of amides is 1. The molecule has 2 atom stereocenters. The molecule has 1 amide bonds. The van der Waals surface area contributed by atoms with Crippen molar-refractivity contribution in [3.8, 4) is 0 Å². The summed E-state index contributed by atoms with van der Waals surface area (Å²) in [6.45, 7) is 2.37. The summed E-state index contributed by atoms with van der Waals surface area (Å²) in [4.78, 5) is 11.9. The number of hydrogen-bond acceptors (Lipinski definition) is 4. The Hall–Kier alpha value is -0.940. The molecule has 0 aliphatic carbocycles. The standard InChI is InChI=1S/C13H20N2O2S/c1-10(15-11-4-3-7-18-9-11)13(16)14-8-12-5-2-6-17-12/h2,5-6,10-11,15H,3-4,7-9H2,1H3,(H,14,16). The Bertz CT molecular complexity index is 361. The summed E-state index contributed by atoms with van der Waals surface area (Å²) in [6.07, 6.45) is 4.02. The molecule has 1 fully saturated rings. The van der Waals surface area contributed by atoms with Gasteiger partial charge in [0.05, 0.1) is 18.8 Å². The molecule has 0 radical (unpaired) electrons. The molecule has 18 heavy (non-hydrogen) atoms. The van der Waals surface area contributed by atoms with Crippen LogP contribution in [0.1, 0.15) is 25.5 Å². The molecule has 2 heterocycles. The number of nitrogens with one attached hydrogen (secondary N) is 2. The van der Waals surface area contributed by atoms with Gasteiger partial charge in [-0.15, -0.1) is 0 Å². The fourth-order valence-corrected chi connectivity index (χ4v) is 3.13. The third-order valence-corrected chi connectivity index (χ3v) is 4.27. The molecule has 1 aliphatic rings. The van der Waals surface area contributed by atoms with Crippen LogP contribution in [-0.4, -0.2) is 29.5 Å². The average Bonchev–Trinajstić information content (AvgIpc) is 2.90. The first kappa shape index (κ1) is 13.5. The van der Waals surface area contributed by atoms with E-state index >= 15 is 0 Å². The number of rotatable bonds is 5. The van der Waals surface area contributed by atoms with Crippen molar-refractivity contribution in [1.29, 1.82) is 0 Å². The molecule has 0 aromatic carbocycles. The van der Waals surface area contributed by atoms with Crippen molar-refractivity contribution < 1.29 is 9.21 Å². The van der Waals surface area contributed by atoms with Crippen LogP contribution in [0.2, 0.25) is 0 Å². The lowest BCUT2D eigenvalue weighted by atomic mass is 10.1. The highest BCUT2D eigenvalue weighted by atomic mass is 32.2. The highest BCUT2D eigenvalue weighted by molar-refractivity contribution is 7.99. The fourth-order valence-electron chi connectivity index (χ4n) is 2.04. The number of thioether (sulfide) groups is 1. The van der Waals surface area contributed by atoms with Gasteiger partial charge in [0.2, 0.25) is 5.91 Å². The van der Waals surface area contributed by atoms with Gasteiger partial charge in [-0.3, -0.25) is 4.79 Å². The molecule has 4 nitrogen and oxygen atoms in total. The molecule has 2 rings (SSSR count). The maximum atomic E-state index is 11.9. The lowest BCUT2D eigenvalue weighted by molar-refractivity contribution is -0.123. The summed E-state index contributed by atoms with van der Waals surface area (Å²) in [5.41, 5.74) is 0. The predicted octanol–water partition coefficient (Wildman–Crippen LogP) is 1.77. The first-order chi connectivity index (χ1) is 8.75. The van der Waals surface area contributed by atoms with Crippen LogP contribution in [0.25, 0.3) is 0 Å². The predicted molar refractivity (Wildman–Crippen MR) is 73.5 cm³/mol. The van der Waals surface area contributed by atoms with Crippen LogP contribution in [0.4, 0.5) is 0 Å². The lowest BCUT2D eigenvalue weighted by Crippen LogP contribution is -2.48. The largest absolute Gasteiger partial charge is 0.467 e. The molecular weight excluding hydrogens is 248 g/mol. The van der Waals surface area contributed by atoms with Gasteiger partial charge in [-0.25, -0.2) is 0 Å². The third kappa shape index (κ3) is 4.07. The van der Waals surface area contributed by atoms with Crippen LogP contribution in [0.15, 0.2) is 22.8 Å². The van der Waals surface area contributed by atoms with Gasteiger partial charge < -0.3 is 15.1 Å². The number of hydrogen-bond donors (Lipinski definition) is 2. The molecule has 2 N–H and O–H groups in total. The van der Waals surface area contributed by atoms with E-state index in [2.05, 4.69) is 10.6 Å². The Morgan fingerprint density at radius 1 is 1.67 bits per heavy atom. The van der Waals surface area contributed by atoms with E-state index in [1.54, 1.807) is 6.26 Å². The zero-order chi connectivity index (χ0) is 12.8. The summed E-state index contributed by atoms with van der Waals surface area (Å²) in [5, 5.41) is 6.26. The van der Waals surface area contributed by atoms with Crippen molar-refractivity contribution in [3.05, 3.63) is 24.2 Å². The second-order valence-electron chi connectivity index (χ2n) is 4.60. The molecule has 1 aliphatic heterocycles. The fraction of sp³-hybridized carbons (Fsp3) is 0.615. The molecule has 100 valence electrons. The molecule has 1 saturated heterocycles. The van der Waals surface area contributed by atoms with Crippen molar-refractivity contribution in [2.45, 2.75) is 38.4 Å². The van der Waals surface area contributed by atoms with Crippen LogP contribution in [-0.2, 0) is 11.3 Å². The Kier molecular flexibility index (Phi) is 5.13. The lowest BCUT2D eigenvalue weighted by Gasteiger charge is -2.25. The van der Waals surface area contributed by atoms with E-state index < -0.39 is 0 Å². The summed E-state index contributed by atoms with van der Waals surface area (Å²) in [6, 6.07) is 4.00. The van der Waals surface area contributed by atoms with Gasteiger partial charge in [0.1, 0.15) is 5.76 Å². The molecule has 1 aromatic heterocycles. The van der Waals surface area contributed by atoms with E-state index in [0.29, 0.717) is 12.6 Å². The Labute approximate surface area is 112 Å². The first-order valence-electron chi connectivity index (χ1n) is 6.39. The monoisotopic (exact) mass is 268 g/mol. The summed E-state index contributed by atoms with van der Waals surface area (Å²) in [7, 11) is 0. The van der Waals surface area contributed by atoms with Crippen molar-refractivity contribution in [3.63, 3.8) is 0 Å². The third-order valence-electron chi connectivity index (χ3n) is 3.06. The van der Waals surface area contributed by atoms with Crippen molar-refractivity contribution in [2.75, 3.05) is 11.5 Å². The van der Waals surface area contributed by atoms with E-state index in [1.165, 1.54) is 18.6 Å². The molecule has 1 aromatic rings. The normalized spacial score (nSPS) is 21.5. The highest BCUT2D eigenvalue weighted by Gasteiger charge is 2.19. The Morgan fingerprint density at radius 2 is 2.56 bits per heavy atom. The maximum absolute atomic E-state index is 11.9. The number of furan rings is 1. The summed E-state index contributed by atoms with van der Waals surface area (Å²) in [5.74, 6) is 3.17. The molecule has 0 spiro atoms. The molecule has 0 saturated carbocycles. The van der Waals surface area contributed by atoms with Gasteiger partial charge in [-0.2, -0.15) is 11.8 Å². The van der Waals surface area contributed by atoms with E-state index in [-0.39, 0.29) is 11.9 Å². The minimum atomic E-state index is -0.149. The smallest absolute Gasteiger partial charge is 0.237 e. The van der Waals surface area contributed by atoms with Crippen LogP contribution in [0, 0.1) is 0 Å². The maximum Gasteiger partial charge on any atom is 0.237 e. The summed E-state index contributed by atoms with van der Waals surface area (Å²) < 4.78 is 5.18. The topological polar surface area (TPSA) is 54.3 Å². The highest BCUT2D eigenvalue weighted by Crippen LogP contribution is 2.17. The quantitative estimate of drug-likeness (QED) is 0.854. The second kappa shape index (κ2) is 6.85. The molecule has 0 bridgehead atoms. The zero-order valence-corrected chi connectivity index (χ0v) is 11.5. The van der Waals surface area contributed by atoms with Gasteiger partial charge in [0.25, 0.3) is 0 Å². The molecule has 5 heteroatoms. The van der Waals surface area contributed by atoms with E-state index in [9.17, 15) is 4.79 Å². The number of carbonyl (C=O) groups excluding carboxylic acids is 1. The van der Waals surface area contributed by atoms with E-state index in [1.807, 2.05) is 30.8 Å². The van der Waals surface area contributed by atoms with Gasteiger partial charge in [-0.05, 0) is 37.7 Å². The van der Waals surface area contributed by atoms with Gasteiger partial charge in [0, 0.05) is 11.8 Å². The minimum absolute atomic E-state index is 0.0296. The van der Waals surface area contributed by atoms with E-state index in [0.717, 1.165) is 11.5 Å². The second-order valence-corrected chi connectivity index (χ2v) is 5.75.